The minimum absolute atomic E-state index is 0. The topological polar surface area (TPSA) is 52.1 Å². The van der Waals surface area contributed by atoms with E-state index in [0.29, 0.717) is 24.8 Å². The van der Waals surface area contributed by atoms with Crippen LogP contribution in [0.5, 0.6) is 5.75 Å². The van der Waals surface area contributed by atoms with Crippen molar-refractivity contribution in [2.75, 3.05) is 51.3 Å². The maximum absolute atomic E-state index is 14.8. The zero-order valence-electron chi connectivity index (χ0n) is 18.8. The van der Waals surface area contributed by atoms with Crippen LogP contribution in [0.4, 0.5) is 10.1 Å². The highest BCUT2D eigenvalue weighted by Gasteiger charge is 2.22. The van der Waals surface area contributed by atoms with Gasteiger partial charge in [-0.3, -0.25) is 4.99 Å². The lowest BCUT2D eigenvalue weighted by Gasteiger charge is -2.35. The molecule has 1 saturated heterocycles. The third kappa shape index (κ3) is 5.83. The average molecular weight is 553 g/mol. The van der Waals surface area contributed by atoms with Crippen LogP contribution in [0.1, 0.15) is 30.5 Å². The molecule has 2 heterocycles. The molecule has 1 fully saturated rings. The van der Waals surface area contributed by atoms with Crippen molar-refractivity contribution in [1.29, 1.82) is 0 Å². The van der Waals surface area contributed by atoms with Crippen molar-refractivity contribution in [2.45, 2.75) is 25.9 Å². The number of aliphatic imine (C=N–C) groups is 1. The minimum atomic E-state index is -0.162. The van der Waals surface area contributed by atoms with Crippen molar-refractivity contribution in [1.82, 2.24) is 15.5 Å². The molecule has 0 spiro atoms. The second kappa shape index (κ2) is 11.7. The summed E-state index contributed by atoms with van der Waals surface area (Å²) in [5.74, 6) is 1.45. The predicted octanol–water partition coefficient (Wildman–Crippen LogP) is 3.77. The van der Waals surface area contributed by atoms with Crippen LogP contribution in [-0.4, -0.2) is 57.2 Å². The number of nitrogens with one attached hydrogen (secondary N) is 2. The summed E-state index contributed by atoms with van der Waals surface area (Å²) in [5.41, 5.74) is 2.72. The Bertz CT molecular complexity index is 917. The zero-order chi connectivity index (χ0) is 21.6. The Balaban J connectivity index is 0.00000289. The maximum Gasteiger partial charge on any atom is 0.191 e. The van der Waals surface area contributed by atoms with Gasteiger partial charge in [0.25, 0.3) is 0 Å². The smallest absolute Gasteiger partial charge is 0.191 e. The van der Waals surface area contributed by atoms with Crippen LogP contribution < -0.4 is 20.3 Å². The molecule has 6 nitrogen and oxygen atoms in total. The molecule has 0 radical (unpaired) electrons. The largest absolute Gasteiger partial charge is 0.493 e. The van der Waals surface area contributed by atoms with Crippen LogP contribution in [0, 0.1) is 5.82 Å². The normalized spacial score (nSPS) is 18.9. The minimum Gasteiger partial charge on any atom is -0.493 e. The van der Waals surface area contributed by atoms with Gasteiger partial charge in [0.2, 0.25) is 0 Å². The van der Waals surface area contributed by atoms with Crippen molar-refractivity contribution in [2.24, 2.45) is 4.99 Å². The molecular weight excluding hydrogens is 520 g/mol. The lowest BCUT2D eigenvalue weighted by Crippen LogP contribution is -2.46. The van der Waals surface area contributed by atoms with Crippen molar-refractivity contribution >= 4 is 35.6 Å². The average Bonchev–Trinajstić information content (AvgIpc) is 2.82. The molecule has 0 aromatic heterocycles. The molecule has 0 aliphatic carbocycles. The summed E-state index contributed by atoms with van der Waals surface area (Å²) in [5, 5.41) is 6.79. The first kappa shape index (κ1) is 24.6. The number of fused-ring (bicyclic) bond motifs is 1. The number of halogens is 2. The van der Waals surface area contributed by atoms with E-state index in [4.69, 9.17) is 4.74 Å². The lowest BCUT2D eigenvalue weighted by molar-refractivity contribution is 0.261. The predicted molar refractivity (Wildman–Crippen MR) is 139 cm³/mol. The van der Waals surface area contributed by atoms with E-state index in [2.05, 4.69) is 38.4 Å². The van der Waals surface area contributed by atoms with Crippen LogP contribution >= 0.6 is 24.0 Å². The fourth-order valence-corrected chi connectivity index (χ4v) is 4.26. The van der Waals surface area contributed by atoms with E-state index in [9.17, 15) is 4.39 Å². The maximum atomic E-state index is 14.8. The molecule has 4 rings (SSSR count). The highest BCUT2D eigenvalue weighted by atomic mass is 127. The third-order valence-corrected chi connectivity index (χ3v) is 6.13. The Morgan fingerprint density at radius 3 is 2.66 bits per heavy atom. The number of likely N-dealkylation sites (N-methyl/N-ethyl adjacent to an activating group) is 1. The summed E-state index contributed by atoms with van der Waals surface area (Å²) in [6, 6.07) is 13.7. The van der Waals surface area contributed by atoms with Gasteiger partial charge in [0, 0.05) is 51.8 Å². The van der Waals surface area contributed by atoms with Gasteiger partial charge in [-0.15, -0.1) is 24.0 Å². The SMILES string of the molecule is CCN1CCN(c2ccc(CNC(=NC)NC3CCOc4ccccc43)cc2F)CC1.I. The number of hydrogen-bond acceptors (Lipinski definition) is 4. The molecule has 174 valence electrons. The van der Waals surface area contributed by atoms with Gasteiger partial charge >= 0.3 is 0 Å². The van der Waals surface area contributed by atoms with E-state index in [-0.39, 0.29) is 35.8 Å². The van der Waals surface area contributed by atoms with E-state index in [1.807, 2.05) is 30.3 Å². The summed E-state index contributed by atoms with van der Waals surface area (Å²) in [6.45, 7) is 8.09. The number of guanidine groups is 1. The molecule has 1 atom stereocenters. The zero-order valence-corrected chi connectivity index (χ0v) is 21.1. The number of anilines is 1. The van der Waals surface area contributed by atoms with Gasteiger partial charge in [-0.1, -0.05) is 31.2 Å². The quantitative estimate of drug-likeness (QED) is 0.336. The Kier molecular flexibility index (Phi) is 8.98. The van der Waals surface area contributed by atoms with Crippen LogP contribution in [0.3, 0.4) is 0 Å². The first-order chi connectivity index (χ1) is 15.2. The first-order valence-electron chi connectivity index (χ1n) is 11.1. The fourth-order valence-electron chi connectivity index (χ4n) is 4.26. The highest BCUT2D eigenvalue weighted by molar-refractivity contribution is 14.0. The van der Waals surface area contributed by atoms with E-state index in [1.165, 1.54) is 0 Å². The van der Waals surface area contributed by atoms with E-state index in [0.717, 1.165) is 56.0 Å². The number of para-hydroxylation sites is 1. The number of benzene rings is 2. The Labute approximate surface area is 207 Å². The van der Waals surface area contributed by atoms with Gasteiger partial charge in [-0.25, -0.2) is 4.39 Å². The number of piperazine rings is 1. The van der Waals surface area contributed by atoms with Crippen molar-refractivity contribution in [3.05, 3.63) is 59.4 Å². The van der Waals surface area contributed by atoms with Crippen LogP contribution in [0.15, 0.2) is 47.5 Å². The second-order valence-corrected chi connectivity index (χ2v) is 8.00. The van der Waals surface area contributed by atoms with Gasteiger partial charge in [-0.05, 0) is 30.3 Å². The number of rotatable bonds is 5. The van der Waals surface area contributed by atoms with Crippen molar-refractivity contribution < 1.29 is 9.13 Å². The van der Waals surface area contributed by atoms with Crippen molar-refractivity contribution in [3.8, 4) is 5.75 Å². The summed E-state index contributed by atoms with van der Waals surface area (Å²) in [6.07, 6.45) is 0.867. The van der Waals surface area contributed by atoms with Gasteiger partial charge in [0.1, 0.15) is 11.6 Å². The Morgan fingerprint density at radius 2 is 1.94 bits per heavy atom. The molecular formula is C24H33FIN5O. The third-order valence-electron chi connectivity index (χ3n) is 6.13. The van der Waals surface area contributed by atoms with E-state index < -0.39 is 0 Å². The Hall–Kier alpha value is -2.07. The molecule has 32 heavy (non-hydrogen) atoms. The summed E-state index contributed by atoms with van der Waals surface area (Å²) < 4.78 is 20.6. The van der Waals surface area contributed by atoms with Gasteiger partial charge in [-0.2, -0.15) is 0 Å². The molecule has 1 unspecified atom stereocenters. The molecule has 2 aromatic rings. The lowest BCUT2D eigenvalue weighted by atomic mass is 10.0. The summed E-state index contributed by atoms with van der Waals surface area (Å²) in [7, 11) is 1.75. The fraction of sp³-hybridized carbons (Fsp3) is 0.458. The molecule has 2 N–H and O–H groups in total. The van der Waals surface area contributed by atoms with Crippen LogP contribution in [0.25, 0.3) is 0 Å². The van der Waals surface area contributed by atoms with Crippen LogP contribution in [0.2, 0.25) is 0 Å². The number of ether oxygens (including phenoxy) is 1. The molecule has 2 aliphatic heterocycles. The standard InChI is InChI=1S/C24H32FN5O.HI/c1-3-29-11-13-30(14-12-29)22-9-8-18(16-20(22)25)17-27-24(26-2)28-21-10-15-31-23-7-5-4-6-19(21)23;/h4-9,16,21H,3,10-15,17H2,1-2H3,(H2,26,27,28);1H. The van der Waals surface area contributed by atoms with Gasteiger partial charge in [0.15, 0.2) is 5.96 Å². The van der Waals surface area contributed by atoms with Gasteiger partial charge in [0.05, 0.1) is 18.3 Å². The monoisotopic (exact) mass is 553 g/mol. The summed E-state index contributed by atoms with van der Waals surface area (Å²) >= 11 is 0. The van der Waals surface area contributed by atoms with Crippen LogP contribution in [-0.2, 0) is 6.54 Å². The van der Waals surface area contributed by atoms with Crippen molar-refractivity contribution in [3.63, 3.8) is 0 Å². The first-order valence-corrected chi connectivity index (χ1v) is 11.1. The highest BCUT2D eigenvalue weighted by Crippen LogP contribution is 2.31. The van der Waals surface area contributed by atoms with E-state index >= 15 is 0 Å². The molecule has 0 saturated carbocycles. The second-order valence-electron chi connectivity index (χ2n) is 8.00. The molecule has 2 aliphatic rings. The van der Waals surface area contributed by atoms with E-state index in [1.54, 1.807) is 13.1 Å². The summed E-state index contributed by atoms with van der Waals surface area (Å²) in [4.78, 5) is 8.88. The number of nitrogens with zero attached hydrogens (tertiary/aromatic N) is 3. The molecule has 2 aromatic carbocycles. The molecule has 8 heteroatoms. The number of hydrogen-bond donors (Lipinski definition) is 2. The molecule has 0 bridgehead atoms. The van der Waals surface area contributed by atoms with Gasteiger partial charge < -0.3 is 25.2 Å². The molecule has 0 amide bonds. The Morgan fingerprint density at radius 1 is 1.16 bits per heavy atom.